The summed E-state index contributed by atoms with van der Waals surface area (Å²) in [5.41, 5.74) is 1.78. The minimum Gasteiger partial charge on any atom is -0.192 e. The fraction of sp³-hybridized carbons (Fsp3) is 0.0833. The number of hydrogen-bond acceptors (Lipinski definition) is 1. The summed E-state index contributed by atoms with van der Waals surface area (Å²) in [6, 6.07) is 12.1. The summed E-state index contributed by atoms with van der Waals surface area (Å²) in [5.74, 6) is 0. The molecule has 0 N–H and O–H groups in total. The molecule has 0 aromatic heterocycles. The van der Waals surface area contributed by atoms with Crippen molar-refractivity contribution in [2.24, 2.45) is 0 Å². The van der Waals surface area contributed by atoms with Crippen LogP contribution in [0, 0.1) is 18.3 Å². The highest BCUT2D eigenvalue weighted by molar-refractivity contribution is 9.10. The van der Waals surface area contributed by atoms with Gasteiger partial charge in [-0.15, -0.1) is 0 Å². The Hall–Kier alpha value is -1.33. The number of hydrogen-bond donors (Lipinski definition) is 0. The molecule has 0 radical (unpaired) electrons. The maximum absolute atomic E-state index is 8.93. The van der Waals surface area contributed by atoms with E-state index in [4.69, 9.17) is 5.26 Å². The topological polar surface area (TPSA) is 23.8 Å². The Bertz CT molecular complexity index is 538. The van der Waals surface area contributed by atoms with Gasteiger partial charge in [0.1, 0.15) is 0 Å². The lowest BCUT2D eigenvalue weighted by molar-refractivity contribution is 1.42. The van der Waals surface area contributed by atoms with Gasteiger partial charge in [0.05, 0.1) is 11.6 Å². The van der Waals surface area contributed by atoms with Crippen LogP contribution in [0.4, 0.5) is 0 Å². The standard InChI is InChI=1S/C12H8BrN/c1-8-9(7-14)6-12(13)11-5-3-2-4-10(8)11/h2-6H,1H3. The molecular weight excluding hydrogens is 238 g/mol. The average Bonchev–Trinajstić information content (AvgIpc) is 2.23. The molecule has 1 nitrogen and oxygen atoms in total. The highest BCUT2D eigenvalue weighted by Gasteiger charge is 2.05. The van der Waals surface area contributed by atoms with Crippen molar-refractivity contribution in [2.45, 2.75) is 6.92 Å². The molecule has 0 heterocycles. The van der Waals surface area contributed by atoms with E-state index in [-0.39, 0.29) is 0 Å². The predicted octanol–water partition coefficient (Wildman–Crippen LogP) is 3.78. The van der Waals surface area contributed by atoms with Crippen molar-refractivity contribution in [3.8, 4) is 6.07 Å². The van der Waals surface area contributed by atoms with E-state index in [1.807, 2.05) is 37.3 Å². The Morgan fingerprint density at radius 3 is 2.50 bits per heavy atom. The van der Waals surface area contributed by atoms with Crippen LogP contribution in [0.25, 0.3) is 10.8 Å². The van der Waals surface area contributed by atoms with E-state index < -0.39 is 0 Å². The number of rotatable bonds is 0. The van der Waals surface area contributed by atoms with Gasteiger partial charge in [-0.25, -0.2) is 0 Å². The first-order chi connectivity index (χ1) is 6.74. The first-order valence-electron chi connectivity index (χ1n) is 4.32. The van der Waals surface area contributed by atoms with E-state index in [1.54, 1.807) is 0 Å². The minimum atomic E-state index is 0.732. The van der Waals surface area contributed by atoms with Crippen molar-refractivity contribution in [3.63, 3.8) is 0 Å². The van der Waals surface area contributed by atoms with Crippen molar-refractivity contribution >= 4 is 26.7 Å². The summed E-state index contributed by atoms with van der Waals surface area (Å²) < 4.78 is 0.982. The predicted molar refractivity (Wildman–Crippen MR) is 61.1 cm³/mol. The summed E-state index contributed by atoms with van der Waals surface area (Å²) in [6.45, 7) is 1.98. The van der Waals surface area contributed by atoms with Crippen LogP contribution in [0.15, 0.2) is 34.8 Å². The van der Waals surface area contributed by atoms with Crippen LogP contribution in [-0.4, -0.2) is 0 Å². The van der Waals surface area contributed by atoms with E-state index in [2.05, 4.69) is 22.0 Å². The highest BCUT2D eigenvalue weighted by Crippen LogP contribution is 2.28. The van der Waals surface area contributed by atoms with Crippen LogP contribution in [0.3, 0.4) is 0 Å². The van der Waals surface area contributed by atoms with Crippen LogP contribution in [-0.2, 0) is 0 Å². The lowest BCUT2D eigenvalue weighted by atomic mass is 10.0. The van der Waals surface area contributed by atoms with Gasteiger partial charge in [-0.1, -0.05) is 40.2 Å². The molecule has 0 spiro atoms. The quantitative estimate of drug-likeness (QED) is 0.693. The van der Waals surface area contributed by atoms with Crippen molar-refractivity contribution in [1.82, 2.24) is 0 Å². The monoisotopic (exact) mass is 245 g/mol. The van der Waals surface area contributed by atoms with Crippen LogP contribution < -0.4 is 0 Å². The number of nitriles is 1. The number of halogens is 1. The third-order valence-electron chi connectivity index (χ3n) is 2.38. The van der Waals surface area contributed by atoms with Crippen molar-refractivity contribution in [3.05, 3.63) is 45.9 Å². The number of fused-ring (bicyclic) bond motifs is 1. The van der Waals surface area contributed by atoms with E-state index in [1.165, 1.54) is 0 Å². The average molecular weight is 246 g/mol. The fourth-order valence-corrected chi connectivity index (χ4v) is 2.17. The van der Waals surface area contributed by atoms with Gasteiger partial charge >= 0.3 is 0 Å². The fourth-order valence-electron chi connectivity index (χ4n) is 1.59. The number of aryl methyl sites for hydroxylation is 1. The Kier molecular flexibility index (Phi) is 2.26. The van der Waals surface area contributed by atoms with Gasteiger partial charge in [0.25, 0.3) is 0 Å². The molecular formula is C12H8BrN. The first-order valence-corrected chi connectivity index (χ1v) is 5.11. The van der Waals surface area contributed by atoms with Crippen LogP contribution in [0.2, 0.25) is 0 Å². The number of benzene rings is 2. The van der Waals surface area contributed by atoms with Gasteiger partial charge < -0.3 is 0 Å². The molecule has 2 heteroatoms. The van der Waals surface area contributed by atoms with Gasteiger partial charge in [0.15, 0.2) is 0 Å². The third kappa shape index (κ3) is 1.30. The third-order valence-corrected chi connectivity index (χ3v) is 3.04. The summed E-state index contributed by atoms with van der Waals surface area (Å²) in [6.07, 6.45) is 0. The molecule has 0 aliphatic heterocycles. The van der Waals surface area contributed by atoms with Gasteiger partial charge in [0.2, 0.25) is 0 Å². The Labute approximate surface area is 91.1 Å². The summed E-state index contributed by atoms with van der Waals surface area (Å²) in [4.78, 5) is 0. The lowest BCUT2D eigenvalue weighted by Gasteiger charge is -2.05. The molecule has 0 bridgehead atoms. The largest absolute Gasteiger partial charge is 0.192 e. The minimum absolute atomic E-state index is 0.732. The molecule has 2 aromatic carbocycles. The molecule has 0 saturated carbocycles. The molecule has 0 aliphatic carbocycles. The van der Waals surface area contributed by atoms with E-state index in [0.29, 0.717) is 0 Å². The second-order valence-electron chi connectivity index (χ2n) is 3.19. The highest BCUT2D eigenvalue weighted by atomic mass is 79.9. The SMILES string of the molecule is Cc1c(C#N)cc(Br)c2ccccc12. The first kappa shape index (κ1) is 9.23. The molecule has 0 atom stereocenters. The number of nitrogens with zero attached hydrogens (tertiary/aromatic N) is 1. The summed E-state index contributed by atoms with van der Waals surface area (Å²) >= 11 is 3.47. The maximum Gasteiger partial charge on any atom is 0.0995 e. The Balaban J connectivity index is 2.96. The van der Waals surface area contributed by atoms with E-state index in [9.17, 15) is 0 Å². The zero-order chi connectivity index (χ0) is 10.1. The zero-order valence-corrected chi connectivity index (χ0v) is 9.30. The molecule has 0 unspecified atom stereocenters. The Morgan fingerprint density at radius 1 is 1.21 bits per heavy atom. The van der Waals surface area contributed by atoms with Crippen LogP contribution in [0.5, 0.6) is 0 Å². The van der Waals surface area contributed by atoms with Crippen molar-refractivity contribution < 1.29 is 0 Å². The van der Waals surface area contributed by atoms with E-state index in [0.717, 1.165) is 26.4 Å². The summed E-state index contributed by atoms with van der Waals surface area (Å²) in [5, 5.41) is 11.2. The second kappa shape index (κ2) is 3.43. The van der Waals surface area contributed by atoms with Crippen molar-refractivity contribution in [1.29, 1.82) is 5.26 Å². The molecule has 0 aliphatic rings. The Morgan fingerprint density at radius 2 is 1.86 bits per heavy atom. The maximum atomic E-state index is 8.93. The molecule has 2 rings (SSSR count). The van der Waals surface area contributed by atoms with Gasteiger partial charge in [-0.3, -0.25) is 0 Å². The van der Waals surface area contributed by atoms with Gasteiger partial charge in [-0.05, 0) is 29.3 Å². The zero-order valence-electron chi connectivity index (χ0n) is 7.71. The van der Waals surface area contributed by atoms with Crippen LogP contribution in [0.1, 0.15) is 11.1 Å². The lowest BCUT2D eigenvalue weighted by Crippen LogP contribution is -1.85. The smallest absolute Gasteiger partial charge is 0.0995 e. The molecule has 68 valence electrons. The van der Waals surface area contributed by atoms with Gasteiger partial charge in [-0.2, -0.15) is 5.26 Å². The molecule has 0 amide bonds. The summed E-state index contributed by atoms with van der Waals surface area (Å²) in [7, 11) is 0. The molecule has 2 aromatic rings. The van der Waals surface area contributed by atoms with Gasteiger partial charge in [0, 0.05) is 4.47 Å². The molecule has 14 heavy (non-hydrogen) atoms. The van der Waals surface area contributed by atoms with Crippen LogP contribution >= 0.6 is 15.9 Å². The van der Waals surface area contributed by atoms with Crippen molar-refractivity contribution in [2.75, 3.05) is 0 Å². The molecule has 0 saturated heterocycles. The molecule has 0 fully saturated rings. The van der Waals surface area contributed by atoms with E-state index >= 15 is 0 Å². The normalized spacial score (nSPS) is 10.1. The second-order valence-corrected chi connectivity index (χ2v) is 4.04.